The fourth-order valence-electron chi connectivity index (χ4n) is 6.53. The average Bonchev–Trinajstić information content (AvgIpc) is 2.89. The maximum Gasteiger partial charge on any atom is 0.303 e. The summed E-state index contributed by atoms with van der Waals surface area (Å²) >= 11 is 0. The van der Waals surface area contributed by atoms with E-state index >= 15 is 0 Å². The molecule has 0 amide bonds. The summed E-state index contributed by atoms with van der Waals surface area (Å²) in [5, 5.41) is 0. The highest BCUT2D eigenvalue weighted by atomic mass is 16.7. The van der Waals surface area contributed by atoms with Crippen molar-refractivity contribution in [3.8, 4) is 0 Å². The summed E-state index contributed by atoms with van der Waals surface area (Å²) < 4.78 is 43.7. The number of hydrogen-bond acceptors (Lipinski definition) is 8. The van der Waals surface area contributed by atoms with Gasteiger partial charge in [-0.25, -0.2) is 0 Å². The summed E-state index contributed by atoms with van der Waals surface area (Å²) in [4.78, 5) is 12.1. The van der Waals surface area contributed by atoms with Crippen molar-refractivity contribution in [2.24, 2.45) is 41.4 Å². The molecule has 0 radical (unpaired) electrons. The second-order valence-electron chi connectivity index (χ2n) is 12.2. The molecule has 222 valence electrons. The first kappa shape index (κ1) is 31.8. The van der Waals surface area contributed by atoms with E-state index in [-0.39, 0.29) is 42.4 Å². The molecule has 15 unspecified atom stereocenters. The Hall–Kier alpha value is -0.770. The van der Waals surface area contributed by atoms with Gasteiger partial charge in [-0.05, 0) is 36.5 Å². The molecule has 3 rings (SSSR count). The first-order valence-corrected chi connectivity index (χ1v) is 14.9. The van der Waals surface area contributed by atoms with Crippen molar-refractivity contribution >= 4 is 5.97 Å². The molecule has 15 atom stereocenters. The molecule has 0 aromatic heterocycles. The van der Waals surface area contributed by atoms with Crippen LogP contribution in [0.5, 0.6) is 0 Å². The molecule has 0 aromatic rings. The van der Waals surface area contributed by atoms with Gasteiger partial charge in [-0.15, -0.1) is 0 Å². The molecule has 0 spiro atoms. The SMILES string of the molecule is CCC1OC(OCC2OC(OC)C(OC(C)=O)C(OC3OC(CC)C(C)C(C)C3C)C2C)C(C)C(C)C1C. The van der Waals surface area contributed by atoms with E-state index in [1.54, 1.807) is 7.11 Å². The van der Waals surface area contributed by atoms with E-state index < -0.39 is 30.8 Å². The number of esters is 1. The molecule has 8 nitrogen and oxygen atoms in total. The third-order valence-corrected chi connectivity index (χ3v) is 10.0. The molecule has 0 saturated carbocycles. The molecule has 0 aliphatic carbocycles. The Labute approximate surface area is 230 Å². The summed E-state index contributed by atoms with van der Waals surface area (Å²) in [6, 6.07) is 0. The molecule has 3 aliphatic rings. The molecular weight excluding hydrogens is 488 g/mol. The predicted molar refractivity (Wildman–Crippen MR) is 144 cm³/mol. The van der Waals surface area contributed by atoms with Crippen molar-refractivity contribution in [2.45, 2.75) is 131 Å². The van der Waals surface area contributed by atoms with Gasteiger partial charge in [0.05, 0.1) is 24.9 Å². The standard InChI is InChI=1S/C30H54O8/c1-12-23-17(5)15(3)19(7)28(35-23)33-14-25-21(9)26(27(34-22(10)31)30(32-11)37-25)38-29-20(8)16(4)18(6)24(13-2)36-29/h15-21,23-30H,12-14H2,1-11H3. The monoisotopic (exact) mass is 542 g/mol. The Bertz CT molecular complexity index is 744. The fourth-order valence-corrected chi connectivity index (χ4v) is 6.53. The molecule has 3 heterocycles. The van der Waals surface area contributed by atoms with E-state index in [0.717, 1.165) is 12.8 Å². The van der Waals surface area contributed by atoms with E-state index in [4.69, 9.17) is 33.2 Å². The van der Waals surface area contributed by atoms with Crippen LogP contribution in [0.1, 0.15) is 82.1 Å². The van der Waals surface area contributed by atoms with Crippen molar-refractivity contribution < 1.29 is 38.0 Å². The van der Waals surface area contributed by atoms with Crippen molar-refractivity contribution in [3.63, 3.8) is 0 Å². The van der Waals surface area contributed by atoms with Crippen LogP contribution in [0, 0.1) is 41.4 Å². The first-order valence-electron chi connectivity index (χ1n) is 14.9. The zero-order valence-electron chi connectivity index (χ0n) is 25.5. The zero-order valence-corrected chi connectivity index (χ0v) is 25.5. The Morgan fingerprint density at radius 1 is 0.632 bits per heavy atom. The van der Waals surface area contributed by atoms with Crippen molar-refractivity contribution in [2.75, 3.05) is 13.7 Å². The van der Waals surface area contributed by atoms with Crippen LogP contribution in [0.4, 0.5) is 0 Å². The maximum atomic E-state index is 12.1. The van der Waals surface area contributed by atoms with Gasteiger partial charge in [0.1, 0.15) is 6.10 Å². The number of hydrogen-bond donors (Lipinski definition) is 0. The molecule has 0 aromatic carbocycles. The van der Waals surface area contributed by atoms with E-state index in [1.165, 1.54) is 6.92 Å². The smallest absolute Gasteiger partial charge is 0.303 e. The quantitative estimate of drug-likeness (QED) is 0.358. The highest BCUT2D eigenvalue weighted by Gasteiger charge is 2.50. The minimum absolute atomic E-state index is 0.117. The van der Waals surface area contributed by atoms with Crippen LogP contribution in [-0.4, -0.2) is 69.1 Å². The van der Waals surface area contributed by atoms with Gasteiger partial charge in [-0.2, -0.15) is 0 Å². The van der Waals surface area contributed by atoms with Crippen LogP contribution in [0.15, 0.2) is 0 Å². The second kappa shape index (κ2) is 13.7. The van der Waals surface area contributed by atoms with Crippen LogP contribution < -0.4 is 0 Å². The number of carbonyl (C=O) groups is 1. The lowest BCUT2D eigenvalue weighted by Crippen LogP contribution is -2.60. The lowest BCUT2D eigenvalue weighted by molar-refractivity contribution is -0.341. The van der Waals surface area contributed by atoms with E-state index in [0.29, 0.717) is 30.3 Å². The van der Waals surface area contributed by atoms with Gasteiger partial charge in [0, 0.05) is 31.8 Å². The number of rotatable bonds is 9. The van der Waals surface area contributed by atoms with Gasteiger partial charge in [-0.3, -0.25) is 4.79 Å². The van der Waals surface area contributed by atoms with E-state index in [2.05, 4.69) is 62.3 Å². The maximum absolute atomic E-state index is 12.1. The van der Waals surface area contributed by atoms with Crippen molar-refractivity contribution in [1.29, 1.82) is 0 Å². The third kappa shape index (κ3) is 6.74. The molecule has 0 N–H and O–H groups in total. The van der Waals surface area contributed by atoms with E-state index in [9.17, 15) is 4.79 Å². The zero-order chi connectivity index (χ0) is 28.3. The van der Waals surface area contributed by atoms with Gasteiger partial charge in [0.15, 0.2) is 25.0 Å². The highest BCUT2D eigenvalue weighted by molar-refractivity contribution is 5.66. The molecule has 3 saturated heterocycles. The Balaban J connectivity index is 1.78. The Morgan fingerprint density at radius 2 is 1.13 bits per heavy atom. The fraction of sp³-hybridized carbons (Fsp3) is 0.967. The van der Waals surface area contributed by atoms with Crippen molar-refractivity contribution in [3.05, 3.63) is 0 Å². The van der Waals surface area contributed by atoms with Gasteiger partial charge in [0.25, 0.3) is 0 Å². The molecule has 3 fully saturated rings. The van der Waals surface area contributed by atoms with Gasteiger partial charge in [0.2, 0.25) is 0 Å². The summed E-state index contributed by atoms with van der Waals surface area (Å²) in [7, 11) is 1.56. The molecule has 38 heavy (non-hydrogen) atoms. The predicted octanol–water partition coefficient (Wildman–Crippen LogP) is 5.41. The summed E-state index contributed by atoms with van der Waals surface area (Å²) in [5.41, 5.74) is 0. The topological polar surface area (TPSA) is 81.7 Å². The molecule has 8 heteroatoms. The van der Waals surface area contributed by atoms with Crippen molar-refractivity contribution in [1.82, 2.24) is 0 Å². The number of ether oxygens (including phenoxy) is 7. The molecule has 0 bridgehead atoms. The largest absolute Gasteiger partial charge is 0.454 e. The third-order valence-electron chi connectivity index (χ3n) is 10.0. The summed E-state index contributed by atoms with van der Waals surface area (Å²) in [5.74, 6) is 1.73. The molecular formula is C30H54O8. The Morgan fingerprint density at radius 3 is 1.63 bits per heavy atom. The Kier molecular flexibility index (Phi) is 11.5. The summed E-state index contributed by atoms with van der Waals surface area (Å²) in [6.45, 7) is 21.5. The highest BCUT2D eigenvalue weighted by Crippen LogP contribution is 2.41. The van der Waals surface area contributed by atoms with Gasteiger partial charge in [-0.1, -0.05) is 62.3 Å². The first-order chi connectivity index (χ1) is 17.9. The van der Waals surface area contributed by atoms with Crippen LogP contribution in [0.2, 0.25) is 0 Å². The molecule has 3 aliphatic heterocycles. The van der Waals surface area contributed by atoms with Crippen LogP contribution >= 0.6 is 0 Å². The lowest BCUT2D eigenvalue weighted by Gasteiger charge is -2.49. The minimum Gasteiger partial charge on any atom is -0.454 e. The van der Waals surface area contributed by atoms with Gasteiger partial charge < -0.3 is 33.2 Å². The van der Waals surface area contributed by atoms with Crippen LogP contribution in [0.3, 0.4) is 0 Å². The summed E-state index contributed by atoms with van der Waals surface area (Å²) in [6.07, 6.45) is -0.868. The van der Waals surface area contributed by atoms with Gasteiger partial charge >= 0.3 is 5.97 Å². The normalized spacial score (nSPS) is 48.0. The minimum atomic E-state index is -0.780. The average molecular weight is 543 g/mol. The number of methoxy groups -OCH3 is 1. The van der Waals surface area contributed by atoms with E-state index in [1.807, 2.05) is 0 Å². The van der Waals surface area contributed by atoms with Crippen LogP contribution in [0.25, 0.3) is 0 Å². The number of carbonyl (C=O) groups excluding carboxylic acids is 1. The second-order valence-corrected chi connectivity index (χ2v) is 12.2. The lowest BCUT2D eigenvalue weighted by atomic mass is 9.78. The van der Waals surface area contributed by atoms with Crippen LogP contribution in [-0.2, 0) is 38.0 Å².